The molecule has 0 spiro atoms. The molecule has 0 aromatic carbocycles. The van der Waals surface area contributed by atoms with Crippen LogP contribution >= 0.6 is 12.2 Å². The Morgan fingerprint density at radius 1 is 1.50 bits per heavy atom. The van der Waals surface area contributed by atoms with Crippen molar-refractivity contribution in [2.24, 2.45) is 18.7 Å². The summed E-state index contributed by atoms with van der Waals surface area (Å²) in [6.07, 6.45) is 3.20. The molecule has 0 atom stereocenters. The van der Waals surface area contributed by atoms with Crippen LogP contribution in [0.2, 0.25) is 0 Å². The van der Waals surface area contributed by atoms with E-state index in [0.29, 0.717) is 23.0 Å². The van der Waals surface area contributed by atoms with Crippen molar-refractivity contribution in [3.8, 4) is 11.6 Å². The third-order valence-electron chi connectivity index (χ3n) is 4.11. The van der Waals surface area contributed by atoms with Crippen LogP contribution in [0.15, 0.2) is 22.8 Å². The standard InChI is InChI=1S/C14H19N5O2S/c1-17-13(11-3-2-8-21-11)16-19(14(17)22)9-18-6-4-10(5-7-18)12(15)20/h2-3,8,10H,4-7,9H2,1H3,(H2,15,20). The summed E-state index contributed by atoms with van der Waals surface area (Å²) in [4.78, 5) is 13.4. The van der Waals surface area contributed by atoms with Gasteiger partial charge in [-0.2, -0.15) is 0 Å². The summed E-state index contributed by atoms with van der Waals surface area (Å²) >= 11 is 5.44. The molecule has 0 bridgehead atoms. The van der Waals surface area contributed by atoms with Gasteiger partial charge in [-0.05, 0) is 37.2 Å². The molecule has 3 heterocycles. The van der Waals surface area contributed by atoms with Gasteiger partial charge in [0.25, 0.3) is 0 Å². The van der Waals surface area contributed by atoms with Crippen molar-refractivity contribution in [3.05, 3.63) is 23.2 Å². The van der Waals surface area contributed by atoms with Gasteiger partial charge < -0.3 is 14.7 Å². The van der Waals surface area contributed by atoms with Crippen LogP contribution in [-0.4, -0.2) is 38.2 Å². The van der Waals surface area contributed by atoms with Crippen molar-refractivity contribution in [2.45, 2.75) is 19.5 Å². The highest BCUT2D eigenvalue weighted by Gasteiger charge is 2.24. The van der Waals surface area contributed by atoms with Crippen molar-refractivity contribution >= 4 is 18.1 Å². The Labute approximate surface area is 133 Å². The first-order valence-electron chi connectivity index (χ1n) is 7.25. The number of hydrogen-bond acceptors (Lipinski definition) is 5. The zero-order valence-corrected chi connectivity index (χ0v) is 13.3. The third-order valence-corrected chi connectivity index (χ3v) is 4.59. The minimum absolute atomic E-state index is 0.00775. The summed E-state index contributed by atoms with van der Waals surface area (Å²) in [7, 11) is 1.88. The maximum atomic E-state index is 11.2. The maximum absolute atomic E-state index is 11.2. The largest absolute Gasteiger partial charge is 0.461 e. The van der Waals surface area contributed by atoms with E-state index in [2.05, 4.69) is 10.00 Å². The molecule has 2 aromatic rings. The highest BCUT2D eigenvalue weighted by Crippen LogP contribution is 2.20. The van der Waals surface area contributed by atoms with Gasteiger partial charge in [0.05, 0.1) is 12.9 Å². The molecule has 8 heteroatoms. The number of amides is 1. The number of hydrogen-bond donors (Lipinski definition) is 1. The summed E-state index contributed by atoms with van der Waals surface area (Å²) in [5.41, 5.74) is 5.36. The van der Waals surface area contributed by atoms with E-state index in [0.717, 1.165) is 25.9 Å². The van der Waals surface area contributed by atoms with Gasteiger partial charge in [0.2, 0.25) is 5.91 Å². The first kappa shape index (κ1) is 15.0. The molecule has 2 N–H and O–H groups in total. The lowest BCUT2D eigenvalue weighted by molar-refractivity contribution is -0.123. The average molecular weight is 321 g/mol. The number of primary amides is 1. The molecule has 1 amide bonds. The van der Waals surface area contributed by atoms with Crippen LogP contribution in [0, 0.1) is 10.7 Å². The molecule has 0 saturated carbocycles. The van der Waals surface area contributed by atoms with E-state index in [4.69, 9.17) is 22.4 Å². The molecular formula is C14H19N5O2S. The fourth-order valence-corrected chi connectivity index (χ4v) is 2.93. The second-order valence-corrected chi connectivity index (χ2v) is 5.94. The molecule has 1 aliphatic rings. The van der Waals surface area contributed by atoms with Crippen LogP contribution in [0.3, 0.4) is 0 Å². The Hall–Kier alpha value is -1.93. The highest BCUT2D eigenvalue weighted by molar-refractivity contribution is 7.71. The fourth-order valence-electron chi connectivity index (χ4n) is 2.75. The molecule has 0 unspecified atom stereocenters. The number of piperidine rings is 1. The lowest BCUT2D eigenvalue weighted by Gasteiger charge is -2.29. The number of carbonyl (C=O) groups excluding carboxylic acids is 1. The predicted molar refractivity (Wildman–Crippen MR) is 83.2 cm³/mol. The van der Waals surface area contributed by atoms with Crippen LogP contribution in [-0.2, 0) is 18.5 Å². The van der Waals surface area contributed by atoms with E-state index in [-0.39, 0.29) is 11.8 Å². The molecule has 7 nitrogen and oxygen atoms in total. The number of nitrogens with zero attached hydrogens (tertiary/aromatic N) is 4. The number of rotatable bonds is 4. The molecule has 118 valence electrons. The van der Waals surface area contributed by atoms with Gasteiger partial charge in [0, 0.05) is 26.1 Å². The summed E-state index contributed by atoms with van der Waals surface area (Å²) < 4.78 is 9.66. The maximum Gasteiger partial charge on any atom is 0.220 e. The Bertz CT molecular complexity index is 710. The van der Waals surface area contributed by atoms with Crippen LogP contribution in [0.4, 0.5) is 0 Å². The van der Waals surface area contributed by atoms with Crippen molar-refractivity contribution in [2.75, 3.05) is 13.1 Å². The monoisotopic (exact) mass is 321 g/mol. The Morgan fingerprint density at radius 3 is 2.82 bits per heavy atom. The fraction of sp³-hybridized carbons (Fsp3) is 0.500. The Morgan fingerprint density at radius 2 is 2.23 bits per heavy atom. The molecule has 3 rings (SSSR count). The van der Waals surface area contributed by atoms with E-state index < -0.39 is 0 Å². The zero-order chi connectivity index (χ0) is 15.7. The topological polar surface area (TPSA) is 82.2 Å². The number of aromatic nitrogens is 3. The SMILES string of the molecule is Cn1c(-c2ccco2)nn(CN2CCC(C(N)=O)CC2)c1=S. The highest BCUT2D eigenvalue weighted by atomic mass is 32.1. The van der Waals surface area contributed by atoms with Gasteiger partial charge >= 0.3 is 0 Å². The van der Waals surface area contributed by atoms with Crippen molar-refractivity contribution in [3.63, 3.8) is 0 Å². The molecule has 2 aromatic heterocycles. The zero-order valence-electron chi connectivity index (χ0n) is 12.4. The lowest BCUT2D eigenvalue weighted by Crippen LogP contribution is -2.39. The van der Waals surface area contributed by atoms with Gasteiger partial charge in [-0.25, -0.2) is 4.68 Å². The first-order chi connectivity index (χ1) is 10.6. The third kappa shape index (κ3) is 2.84. The van der Waals surface area contributed by atoms with E-state index in [1.807, 2.05) is 23.7 Å². The van der Waals surface area contributed by atoms with Crippen LogP contribution in [0.5, 0.6) is 0 Å². The average Bonchev–Trinajstić information content (AvgIpc) is 3.12. The van der Waals surface area contributed by atoms with Gasteiger partial charge in [-0.3, -0.25) is 9.69 Å². The molecule has 1 fully saturated rings. The number of furan rings is 1. The molecule has 1 saturated heterocycles. The van der Waals surface area contributed by atoms with Crippen molar-refractivity contribution < 1.29 is 9.21 Å². The molecule has 22 heavy (non-hydrogen) atoms. The van der Waals surface area contributed by atoms with E-state index in [9.17, 15) is 4.79 Å². The van der Waals surface area contributed by atoms with E-state index in [1.165, 1.54) is 0 Å². The molecule has 0 radical (unpaired) electrons. The minimum Gasteiger partial charge on any atom is -0.461 e. The smallest absolute Gasteiger partial charge is 0.220 e. The lowest BCUT2D eigenvalue weighted by atomic mass is 9.97. The number of nitrogens with two attached hydrogens (primary N) is 1. The van der Waals surface area contributed by atoms with Crippen molar-refractivity contribution in [1.82, 2.24) is 19.2 Å². The predicted octanol–water partition coefficient (Wildman–Crippen LogP) is 1.37. The molecule has 1 aliphatic heterocycles. The molecule has 0 aliphatic carbocycles. The van der Waals surface area contributed by atoms with Gasteiger partial charge in [0.15, 0.2) is 16.4 Å². The summed E-state index contributed by atoms with van der Waals surface area (Å²) in [6.45, 7) is 2.25. The second kappa shape index (κ2) is 6.05. The van der Waals surface area contributed by atoms with Crippen LogP contribution in [0.1, 0.15) is 12.8 Å². The summed E-state index contributed by atoms with van der Waals surface area (Å²) in [5, 5.41) is 4.55. The normalized spacial score (nSPS) is 17.0. The second-order valence-electron chi connectivity index (χ2n) is 5.58. The van der Waals surface area contributed by atoms with Crippen molar-refractivity contribution in [1.29, 1.82) is 0 Å². The Balaban J connectivity index is 1.73. The Kier molecular flexibility index (Phi) is 4.12. The summed E-state index contributed by atoms with van der Waals surface area (Å²) in [5.74, 6) is 1.20. The van der Waals surface area contributed by atoms with Gasteiger partial charge in [-0.15, -0.1) is 5.10 Å². The minimum atomic E-state index is -0.200. The number of likely N-dealkylation sites (tertiary alicyclic amines) is 1. The molecular weight excluding hydrogens is 302 g/mol. The van der Waals surface area contributed by atoms with Crippen LogP contribution in [0.25, 0.3) is 11.6 Å². The number of carbonyl (C=O) groups is 1. The van der Waals surface area contributed by atoms with Gasteiger partial charge in [0.1, 0.15) is 0 Å². The van der Waals surface area contributed by atoms with Gasteiger partial charge in [-0.1, -0.05) is 0 Å². The summed E-state index contributed by atoms with van der Waals surface area (Å²) in [6, 6.07) is 3.69. The van der Waals surface area contributed by atoms with E-state index in [1.54, 1.807) is 10.9 Å². The first-order valence-corrected chi connectivity index (χ1v) is 7.66. The van der Waals surface area contributed by atoms with E-state index >= 15 is 0 Å². The van der Waals surface area contributed by atoms with Crippen LogP contribution < -0.4 is 5.73 Å². The quantitative estimate of drug-likeness (QED) is 0.860.